The lowest BCUT2D eigenvalue weighted by atomic mass is 9.99. The van der Waals surface area contributed by atoms with Crippen LogP contribution in [0.15, 0.2) is 0 Å². The number of carbonyl (C=O) groups excluding carboxylic acids is 4. The molecule has 0 aliphatic carbocycles. The Labute approximate surface area is 607 Å². The van der Waals surface area contributed by atoms with Crippen LogP contribution in [0.5, 0.6) is 0 Å². The smallest absolute Gasteiger partial charge is 0.462 e. The molecular formula is C80H156O17P2. The van der Waals surface area contributed by atoms with Crippen molar-refractivity contribution in [3.05, 3.63) is 0 Å². The summed E-state index contributed by atoms with van der Waals surface area (Å²) in [6.45, 7) is 11.9. The lowest BCUT2D eigenvalue weighted by Crippen LogP contribution is -2.30. The van der Waals surface area contributed by atoms with E-state index in [4.69, 9.17) is 37.0 Å². The molecule has 0 aromatic carbocycles. The summed E-state index contributed by atoms with van der Waals surface area (Å²) in [6.07, 6.45) is 58.3. The third-order valence-electron chi connectivity index (χ3n) is 19.0. The van der Waals surface area contributed by atoms with Gasteiger partial charge >= 0.3 is 39.5 Å². The number of aliphatic hydroxyl groups excluding tert-OH is 1. The summed E-state index contributed by atoms with van der Waals surface area (Å²) in [5, 5.41) is 10.6. The van der Waals surface area contributed by atoms with Gasteiger partial charge in [-0.3, -0.25) is 37.3 Å². The fraction of sp³-hybridized carbons (Fsp3) is 0.950. The number of phosphoric ester groups is 2. The Kier molecular flexibility index (Phi) is 69.0. The van der Waals surface area contributed by atoms with E-state index in [1.165, 1.54) is 218 Å². The monoisotopic (exact) mass is 1450 g/mol. The number of aliphatic hydroxyl groups is 1. The highest BCUT2D eigenvalue weighted by Gasteiger charge is 2.30. The highest BCUT2D eigenvalue weighted by molar-refractivity contribution is 7.47. The minimum atomic E-state index is -4.96. The van der Waals surface area contributed by atoms with Gasteiger partial charge in [0.2, 0.25) is 0 Å². The van der Waals surface area contributed by atoms with Gasteiger partial charge in [-0.1, -0.05) is 363 Å². The second kappa shape index (κ2) is 70.4. The first-order chi connectivity index (χ1) is 47.8. The molecule has 6 atom stereocenters. The Balaban J connectivity index is 5.24. The van der Waals surface area contributed by atoms with E-state index in [9.17, 15) is 43.2 Å². The maximum Gasteiger partial charge on any atom is 0.472 e. The van der Waals surface area contributed by atoms with Gasteiger partial charge in [0, 0.05) is 25.7 Å². The topological polar surface area (TPSA) is 237 Å². The quantitative estimate of drug-likeness (QED) is 0.0222. The molecular weight excluding hydrogens is 1290 g/mol. The van der Waals surface area contributed by atoms with Gasteiger partial charge in [0.15, 0.2) is 12.2 Å². The van der Waals surface area contributed by atoms with Gasteiger partial charge in [0.25, 0.3) is 0 Å². The molecule has 0 aromatic rings. The molecule has 588 valence electrons. The summed E-state index contributed by atoms with van der Waals surface area (Å²) in [5.74, 6) is 0.188. The van der Waals surface area contributed by atoms with Crippen molar-refractivity contribution < 1.29 is 80.2 Å². The summed E-state index contributed by atoms with van der Waals surface area (Å²) in [5.41, 5.74) is 0. The molecule has 99 heavy (non-hydrogen) atoms. The van der Waals surface area contributed by atoms with E-state index in [1.54, 1.807) is 0 Å². The second-order valence-corrected chi connectivity index (χ2v) is 32.9. The van der Waals surface area contributed by atoms with Crippen molar-refractivity contribution in [2.24, 2.45) is 17.8 Å². The van der Waals surface area contributed by atoms with Crippen LogP contribution in [0, 0.1) is 17.8 Å². The lowest BCUT2D eigenvalue weighted by molar-refractivity contribution is -0.161. The largest absolute Gasteiger partial charge is 0.472 e. The highest BCUT2D eigenvalue weighted by Crippen LogP contribution is 2.45. The van der Waals surface area contributed by atoms with Crippen LogP contribution in [-0.2, 0) is 65.4 Å². The number of carbonyl (C=O) groups is 4. The van der Waals surface area contributed by atoms with E-state index in [-0.39, 0.29) is 25.7 Å². The van der Waals surface area contributed by atoms with E-state index < -0.39 is 97.5 Å². The van der Waals surface area contributed by atoms with Crippen LogP contribution in [-0.4, -0.2) is 96.7 Å². The molecule has 0 bridgehead atoms. The third-order valence-corrected chi connectivity index (χ3v) is 20.9. The summed E-state index contributed by atoms with van der Waals surface area (Å²) in [6, 6.07) is 0. The van der Waals surface area contributed by atoms with Crippen molar-refractivity contribution in [3.63, 3.8) is 0 Å². The number of phosphoric acid groups is 2. The fourth-order valence-electron chi connectivity index (χ4n) is 12.3. The number of unbranched alkanes of at least 4 members (excludes halogenated alkanes) is 45. The molecule has 0 aliphatic heterocycles. The van der Waals surface area contributed by atoms with Crippen molar-refractivity contribution in [3.8, 4) is 0 Å². The van der Waals surface area contributed by atoms with Gasteiger partial charge in [-0.25, -0.2) is 9.13 Å². The number of esters is 4. The Bertz CT molecular complexity index is 1920. The molecule has 0 fully saturated rings. The van der Waals surface area contributed by atoms with Crippen LogP contribution in [0.2, 0.25) is 0 Å². The van der Waals surface area contributed by atoms with Crippen LogP contribution in [0.1, 0.15) is 414 Å². The van der Waals surface area contributed by atoms with Gasteiger partial charge in [-0.15, -0.1) is 0 Å². The number of hydrogen-bond donors (Lipinski definition) is 3. The van der Waals surface area contributed by atoms with Crippen molar-refractivity contribution >= 4 is 39.5 Å². The normalized spacial score (nSPS) is 14.3. The molecule has 17 nitrogen and oxygen atoms in total. The molecule has 0 aliphatic rings. The highest BCUT2D eigenvalue weighted by atomic mass is 31.2. The minimum Gasteiger partial charge on any atom is -0.462 e. The molecule has 3 N–H and O–H groups in total. The zero-order valence-electron chi connectivity index (χ0n) is 65.0. The fourth-order valence-corrected chi connectivity index (χ4v) is 13.9. The standard InChI is InChI=1S/C80H156O17P2/c1-8-10-11-12-13-14-15-16-17-18-19-23-29-34-39-47-54-61-77(82)90-67-75(96-79(84)63-56-49-40-35-30-24-21-20-22-28-33-38-46-53-60-73(7)9-2)69-94-98(86,87)92-65-74(81)66-93-99(88,89)95-70-76(68-91-78(83)62-55-48-43-42-45-52-59-72(5)6)97-80(85)64-57-50-41-36-31-26-25-27-32-37-44-51-58-71(3)4/h71-76,81H,8-70H2,1-7H3,(H,86,87)(H,88,89)/t73?,74-,75-,76-/m1/s1. The van der Waals surface area contributed by atoms with Gasteiger partial charge in [0.05, 0.1) is 26.4 Å². The van der Waals surface area contributed by atoms with Crippen LogP contribution in [0.25, 0.3) is 0 Å². The number of hydrogen-bond acceptors (Lipinski definition) is 15. The maximum absolute atomic E-state index is 13.1. The Hall–Kier alpha value is -1.94. The molecule has 0 aromatic heterocycles. The number of ether oxygens (including phenoxy) is 4. The van der Waals surface area contributed by atoms with Gasteiger partial charge < -0.3 is 33.8 Å². The lowest BCUT2D eigenvalue weighted by Gasteiger charge is -2.21. The van der Waals surface area contributed by atoms with E-state index in [0.717, 1.165) is 108 Å². The van der Waals surface area contributed by atoms with Crippen LogP contribution in [0.3, 0.4) is 0 Å². The summed E-state index contributed by atoms with van der Waals surface area (Å²) < 4.78 is 68.7. The predicted octanol–water partition coefficient (Wildman–Crippen LogP) is 23.7. The van der Waals surface area contributed by atoms with Crippen molar-refractivity contribution in [1.82, 2.24) is 0 Å². The summed E-state index contributed by atoms with van der Waals surface area (Å²) in [4.78, 5) is 73.0. The summed E-state index contributed by atoms with van der Waals surface area (Å²) >= 11 is 0. The molecule has 0 amide bonds. The average Bonchev–Trinajstić information content (AvgIpc) is 1.02. The van der Waals surface area contributed by atoms with Crippen LogP contribution >= 0.6 is 15.6 Å². The molecule has 19 heteroatoms. The Morgan fingerprint density at radius 3 is 0.768 bits per heavy atom. The van der Waals surface area contributed by atoms with Gasteiger partial charge in [-0.2, -0.15) is 0 Å². The first-order valence-electron chi connectivity index (χ1n) is 41.4. The predicted molar refractivity (Wildman–Crippen MR) is 405 cm³/mol. The number of rotatable bonds is 78. The van der Waals surface area contributed by atoms with Crippen molar-refractivity contribution in [1.29, 1.82) is 0 Å². The zero-order chi connectivity index (χ0) is 73.0. The Morgan fingerprint density at radius 2 is 0.515 bits per heavy atom. The van der Waals surface area contributed by atoms with Crippen LogP contribution in [0.4, 0.5) is 0 Å². The third kappa shape index (κ3) is 72.8. The Morgan fingerprint density at radius 1 is 0.293 bits per heavy atom. The SMILES string of the molecule is CCCCCCCCCCCCCCCCCCCC(=O)OC[C@H](COP(=O)(O)OC[C@@H](O)COP(=O)(O)OC[C@@H](COC(=O)CCCCCCCCC(C)C)OC(=O)CCCCCCCCCCCCCCC(C)C)OC(=O)CCCCCCCCCCCCCCCCC(C)CC. The van der Waals surface area contributed by atoms with Crippen LogP contribution < -0.4 is 0 Å². The first kappa shape index (κ1) is 97.1. The molecule has 0 heterocycles. The minimum absolute atomic E-state index is 0.106. The molecule has 0 saturated carbocycles. The average molecular weight is 1450 g/mol. The van der Waals surface area contributed by atoms with Crippen molar-refractivity contribution in [2.75, 3.05) is 39.6 Å². The molecule has 3 unspecified atom stereocenters. The zero-order valence-corrected chi connectivity index (χ0v) is 66.8. The maximum atomic E-state index is 13.1. The van der Waals surface area contributed by atoms with E-state index in [0.29, 0.717) is 31.6 Å². The molecule has 0 rings (SSSR count). The molecule has 0 radical (unpaired) electrons. The van der Waals surface area contributed by atoms with E-state index in [1.807, 2.05) is 0 Å². The molecule has 0 spiro atoms. The van der Waals surface area contributed by atoms with Gasteiger partial charge in [-0.05, 0) is 43.4 Å². The first-order valence-corrected chi connectivity index (χ1v) is 44.4. The van der Waals surface area contributed by atoms with E-state index >= 15 is 0 Å². The summed E-state index contributed by atoms with van der Waals surface area (Å²) in [7, 11) is -9.92. The van der Waals surface area contributed by atoms with Gasteiger partial charge in [0.1, 0.15) is 19.3 Å². The molecule has 0 saturated heterocycles. The van der Waals surface area contributed by atoms with Crippen molar-refractivity contribution in [2.45, 2.75) is 433 Å². The van der Waals surface area contributed by atoms with E-state index in [2.05, 4.69) is 48.5 Å². The second-order valence-electron chi connectivity index (χ2n) is 30.0.